The van der Waals surface area contributed by atoms with Gasteiger partial charge in [-0.2, -0.15) is 13.2 Å². The minimum atomic E-state index is -4.60. The number of halogens is 4. The van der Waals surface area contributed by atoms with Crippen LogP contribution in [0.15, 0.2) is 36.5 Å². The van der Waals surface area contributed by atoms with Crippen molar-refractivity contribution >= 4 is 50.8 Å². The summed E-state index contributed by atoms with van der Waals surface area (Å²) in [5.41, 5.74) is -0.192. The number of pyridine rings is 1. The topological polar surface area (TPSA) is 81.2 Å². The van der Waals surface area contributed by atoms with Gasteiger partial charge in [-0.3, -0.25) is 9.59 Å². The Morgan fingerprint density at radius 3 is 2.69 bits per heavy atom. The molecule has 11 heteroatoms. The van der Waals surface area contributed by atoms with Crippen LogP contribution in [0.3, 0.4) is 0 Å². The highest BCUT2D eigenvalue weighted by Gasteiger charge is 2.31. The Morgan fingerprint density at radius 1 is 1.24 bits per heavy atom. The lowest BCUT2D eigenvalue weighted by molar-refractivity contribution is -0.147. The van der Waals surface area contributed by atoms with Crippen LogP contribution in [-0.4, -0.2) is 28.5 Å². The lowest BCUT2D eigenvalue weighted by Crippen LogP contribution is -2.22. The number of aromatic nitrogens is 2. The average molecular weight is 444 g/mol. The first kappa shape index (κ1) is 21.0. The van der Waals surface area contributed by atoms with Crippen molar-refractivity contribution in [3.8, 4) is 0 Å². The Labute approximate surface area is 171 Å². The monoisotopic (exact) mass is 443 g/mol. The van der Waals surface area contributed by atoms with E-state index in [0.717, 1.165) is 15.2 Å². The van der Waals surface area contributed by atoms with Crippen LogP contribution >= 0.6 is 22.9 Å². The van der Waals surface area contributed by atoms with Crippen molar-refractivity contribution in [1.82, 2.24) is 9.97 Å². The number of hydrogen-bond acceptors (Lipinski definition) is 6. The van der Waals surface area contributed by atoms with Gasteiger partial charge in [-0.1, -0.05) is 23.7 Å². The van der Waals surface area contributed by atoms with E-state index < -0.39 is 30.2 Å². The van der Waals surface area contributed by atoms with Gasteiger partial charge in [0.1, 0.15) is 0 Å². The summed E-state index contributed by atoms with van der Waals surface area (Å²) in [7, 11) is 0. The van der Waals surface area contributed by atoms with Gasteiger partial charge in [-0.15, -0.1) is 11.3 Å². The van der Waals surface area contributed by atoms with Crippen LogP contribution in [0.25, 0.3) is 10.2 Å². The van der Waals surface area contributed by atoms with Crippen molar-refractivity contribution in [1.29, 1.82) is 0 Å². The summed E-state index contributed by atoms with van der Waals surface area (Å²) >= 11 is 7.17. The molecule has 3 rings (SSSR count). The first-order valence-corrected chi connectivity index (χ1v) is 9.44. The van der Waals surface area contributed by atoms with Gasteiger partial charge in [0.05, 0.1) is 32.2 Å². The number of nitrogens with one attached hydrogen (secondary N) is 1. The maximum absolute atomic E-state index is 12.6. The van der Waals surface area contributed by atoms with Gasteiger partial charge < -0.3 is 10.1 Å². The molecule has 1 amide bonds. The third-order valence-electron chi connectivity index (χ3n) is 3.67. The molecule has 0 aliphatic heterocycles. The van der Waals surface area contributed by atoms with Crippen molar-refractivity contribution in [2.24, 2.45) is 0 Å². The molecular weight excluding hydrogens is 431 g/mol. The lowest BCUT2D eigenvalue weighted by atomic mass is 10.3. The number of nitrogens with zero attached hydrogens (tertiary/aromatic N) is 2. The van der Waals surface area contributed by atoms with Crippen LogP contribution in [0.4, 0.5) is 19.0 Å². The lowest BCUT2D eigenvalue weighted by Gasteiger charge is -2.10. The number of carbonyl (C=O) groups is 2. The summed E-state index contributed by atoms with van der Waals surface area (Å²) in [6.07, 6.45) is -3.65. The van der Waals surface area contributed by atoms with Crippen molar-refractivity contribution in [3.05, 3.63) is 52.1 Å². The molecule has 0 saturated carbocycles. The fourth-order valence-electron chi connectivity index (χ4n) is 2.31. The molecule has 0 unspecified atom stereocenters. The largest absolute Gasteiger partial charge is 0.456 e. The molecule has 0 radical (unpaired) electrons. The average Bonchev–Trinajstić information content (AvgIpc) is 3.08. The molecule has 2 heterocycles. The predicted octanol–water partition coefficient (Wildman–Crippen LogP) is 4.48. The number of carbonyl (C=O) groups excluding carboxylic acids is 2. The minimum Gasteiger partial charge on any atom is -0.456 e. The minimum absolute atomic E-state index is 0.0341. The smallest absolute Gasteiger partial charge is 0.417 e. The number of amides is 1. The molecule has 29 heavy (non-hydrogen) atoms. The Balaban J connectivity index is 1.47. The SMILES string of the molecule is O=C(COC(=O)CCc1nc2ccccc2s1)Nc1ncc(C(F)(F)F)cc1Cl. The third-order valence-corrected chi connectivity index (χ3v) is 5.06. The fourth-order valence-corrected chi connectivity index (χ4v) is 3.49. The van der Waals surface area contributed by atoms with E-state index in [2.05, 4.69) is 15.3 Å². The van der Waals surface area contributed by atoms with Crippen molar-refractivity contribution in [2.45, 2.75) is 19.0 Å². The summed E-state index contributed by atoms with van der Waals surface area (Å²) in [5, 5.41) is 2.59. The van der Waals surface area contributed by atoms with Gasteiger partial charge in [0.15, 0.2) is 12.4 Å². The number of esters is 1. The molecule has 0 spiro atoms. The molecular formula is C18H13ClF3N3O3S. The number of ether oxygens (including phenoxy) is 1. The zero-order chi connectivity index (χ0) is 21.0. The molecule has 3 aromatic rings. The molecule has 0 aliphatic carbocycles. The van der Waals surface area contributed by atoms with E-state index in [9.17, 15) is 22.8 Å². The summed E-state index contributed by atoms with van der Waals surface area (Å²) in [4.78, 5) is 31.5. The fraction of sp³-hybridized carbons (Fsp3) is 0.222. The Bertz CT molecular complexity index is 1020. The number of aryl methyl sites for hydroxylation is 1. The number of anilines is 1. The number of alkyl halides is 3. The molecule has 0 fully saturated rings. The van der Waals surface area contributed by atoms with Crippen molar-refractivity contribution in [2.75, 3.05) is 11.9 Å². The van der Waals surface area contributed by atoms with Gasteiger partial charge in [0, 0.05) is 12.6 Å². The second-order valence-electron chi connectivity index (χ2n) is 5.84. The van der Waals surface area contributed by atoms with Gasteiger partial charge in [0.2, 0.25) is 0 Å². The quantitative estimate of drug-likeness (QED) is 0.568. The zero-order valence-corrected chi connectivity index (χ0v) is 16.2. The Kier molecular flexibility index (Phi) is 6.33. The molecule has 2 aromatic heterocycles. The Hall–Kier alpha value is -2.72. The van der Waals surface area contributed by atoms with Crippen LogP contribution in [0.1, 0.15) is 17.0 Å². The number of para-hydroxylation sites is 1. The van der Waals surface area contributed by atoms with Crippen LogP contribution in [0.2, 0.25) is 5.02 Å². The highest BCUT2D eigenvalue weighted by Crippen LogP contribution is 2.32. The number of benzene rings is 1. The number of rotatable bonds is 6. The molecule has 0 bridgehead atoms. The molecule has 152 valence electrons. The summed E-state index contributed by atoms with van der Waals surface area (Å²) in [6.45, 7) is -0.613. The molecule has 0 saturated heterocycles. The maximum atomic E-state index is 12.6. The molecule has 0 atom stereocenters. The molecule has 6 nitrogen and oxygen atoms in total. The van der Waals surface area contributed by atoms with Crippen LogP contribution in [-0.2, 0) is 26.9 Å². The van der Waals surface area contributed by atoms with Gasteiger partial charge >= 0.3 is 12.1 Å². The van der Waals surface area contributed by atoms with Gasteiger partial charge in [-0.25, -0.2) is 9.97 Å². The number of thiazole rings is 1. The standard InChI is InChI=1S/C18H13ClF3N3O3S/c19-11-7-10(18(20,21)22)8-23-17(11)25-14(26)9-28-16(27)6-5-15-24-12-3-1-2-4-13(12)29-15/h1-4,7-8H,5-6,9H2,(H,23,25,26). The molecule has 0 aliphatic rings. The van der Waals surface area contributed by atoms with E-state index >= 15 is 0 Å². The van der Waals surface area contributed by atoms with Gasteiger partial charge in [-0.05, 0) is 18.2 Å². The summed E-state index contributed by atoms with van der Waals surface area (Å²) in [6, 6.07) is 8.22. The molecule has 1 N–H and O–H groups in total. The normalized spacial score (nSPS) is 11.4. The number of hydrogen-bond donors (Lipinski definition) is 1. The first-order valence-electron chi connectivity index (χ1n) is 8.25. The van der Waals surface area contributed by atoms with E-state index in [1.54, 1.807) is 0 Å². The second kappa shape index (κ2) is 8.75. The van der Waals surface area contributed by atoms with Crippen molar-refractivity contribution < 1.29 is 27.5 Å². The van der Waals surface area contributed by atoms with Crippen LogP contribution in [0.5, 0.6) is 0 Å². The van der Waals surface area contributed by atoms with Crippen LogP contribution < -0.4 is 5.32 Å². The summed E-state index contributed by atoms with van der Waals surface area (Å²) < 4.78 is 43.6. The highest BCUT2D eigenvalue weighted by molar-refractivity contribution is 7.18. The Morgan fingerprint density at radius 2 is 2.00 bits per heavy atom. The van der Waals surface area contributed by atoms with E-state index in [1.165, 1.54) is 11.3 Å². The predicted molar refractivity (Wildman–Crippen MR) is 102 cm³/mol. The van der Waals surface area contributed by atoms with E-state index in [0.29, 0.717) is 18.7 Å². The highest BCUT2D eigenvalue weighted by atomic mass is 35.5. The van der Waals surface area contributed by atoms with Crippen molar-refractivity contribution in [3.63, 3.8) is 0 Å². The maximum Gasteiger partial charge on any atom is 0.417 e. The van der Waals surface area contributed by atoms with E-state index in [-0.39, 0.29) is 17.3 Å². The first-order chi connectivity index (χ1) is 13.7. The second-order valence-corrected chi connectivity index (χ2v) is 7.36. The third kappa shape index (κ3) is 5.64. The zero-order valence-electron chi connectivity index (χ0n) is 14.6. The van der Waals surface area contributed by atoms with Crippen LogP contribution in [0, 0.1) is 0 Å². The molecule has 1 aromatic carbocycles. The van der Waals surface area contributed by atoms with E-state index in [1.807, 2.05) is 24.3 Å². The van der Waals surface area contributed by atoms with E-state index in [4.69, 9.17) is 16.3 Å². The number of fused-ring (bicyclic) bond motifs is 1. The van der Waals surface area contributed by atoms with Gasteiger partial charge in [0.25, 0.3) is 5.91 Å². The summed E-state index contributed by atoms with van der Waals surface area (Å²) in [5.74, 6) is -1.63.